The average molecular weight is 264 g/mol. The Morgan fingerprint density at radius 2 is 2.05 bits per heavy atom. The molecule has 1 aliphatic carbocycles. The fraction of sp³-hybridized carbons (Fsp3) is 0.533. The number of carboxylic acids is 1. The first-order valence-corrected chi connectivity index (χ1v) is 6.72. The first kappa shape index (κ1) is 13.9. The molecule has 1 aromatic carbocycles. The molecule has 0 aliphatic heterocycles. The maximum absolute atomic E-state index is 11.0. The fourth-order valence-electron chi connectivity index (χ4n) is 2.46. The molecule has 4 heteroatoms. The van der Waals surface area contributed by atoms with E-state index in [4.69, 9.17) is 14.6 Å². The topological polar surface area (TPSA) is 55.8 Å². The van der Waals surface area contributed by atoms with E-state index in [-0.39, 0.29) is 5.56 Å². The summed E-state index contributed by atoms with van der Waals surface area (Å²) < 4.78 is 11.1. The molecular formula is C15H20O4. The number of hydrogen-bond acceptors (Lipinski definition) is 3. The van der Waals surface area contributed by atoms with Gasteiger partial charge in [-0.2, -0.15) is 0 Å². The second kappa shape index (κ2) is 6.57. The minimum atomic E-state index is -0.929. The zero-order valence-electron chi connectivity index (χ0n) is 11.2. The Hall–Kier alpha value is -1.55. The van der Waals surface area contributed by atoms with Gasteiger partial charge in [0.25, 0.3) is 0 Å². The first-order chi connectivity index (χ1) is 9.20. The fourth-order valence-corrected chi connectivity index (χ4v) is 2.46. The van der Waals surface area contributed by atoms with E-state index in [1.165, 1.54) is 19.3 Å². The van der Waals surface area contributed by atoms with Crippen LogP contribution in [0.4, 0.5) is 0 Å². The van der Waals surface area contributed by atoms with Gasteiger partial charge < -0.3 is 14.6 Å². The molecule has 0 atom stereocenters. The van der Waals surface area contributed by atoms with E-state index < -0.39 is 5.97 Å². The van der Waals surface area contributed by atoms with Crippen molar-refractivity contribution in [2.75, 3.05) is 7.11 Å². The zero-order chi connectivity index (χ0) is 13.7. The Bertz CT molecular complexity index is 436. The predicted octanol–water partition coefficient (Wildman–Crippen LogP) is 3.24. The average Bonchev–Trinajstić information content (AvgIpc) is 2.45. The Kier molecular flexibility index (Phi) is 4.80. The predicted molar refractivity (Wildman–Crippen MR) is 71.6 cm³/mol. The molecule has 0 unspecified atom stereocenters. The molecule has 0 saturated heterocycles. The molecule has 104 valence electrons. The van der Waals surface area contributed by atoms with Gasteiger partial charge in [0.1, 0.15) is 5.75 Å². The van der Waals surface area contributed by atoms with Crippen LogP contribution in [0.3, 0.4) is 0 Å². The van der Waals surface area contributed by atoms with Crippen LogP contribution in [-0.4, -0.2) is 24.3 Å². The van der Waals surface area contributed by atoms with Gasteiger partial charge in [0, 0.05) is 5.56 Å². The van der Waals surface area contributed by atoms with Crippen LogP contribution >= 0.6 is 0 Å². The second-order valence-electron chi connectivity index (χ2n) is 4.90. The van der Waals surface area contributed by atoms with E-state index >= 15 is 0 Å². The summed E-state index contributed by atoms with van der Waals surface area (Å²) in [6, 6.07) is 4.86. The highest BCUT2D eigenvalue weighted by Gasteiger charge is 2.15. The molecule has 1 saturated carbocycles. The van der Waals surface area contributed by atoms with E-state index in [9.17, 15) is 4.79 Å². The standard InChI is InChI=1S/C15H20O4/c1-18-14-8-7-11(15(16)17)9-12(14)10-19-13-5-3-2-4-6-13/h7-9,13H,2-6,10H2,1H3,(H,16,17). The molecule has 0 aromatic heterocycles. The molecule has 1 aliphatic rings. The summed E-state index contributed by atoms with van der Waals surface area (Å²) in [4.78, 5) is 11.0. The molecule has 1 aromatic rings. The maximum Gasteiger partial charge on any atom is 0.335 e. The van der Waals surface area contributed by atoms with E-state index in [2.05, 4.69) is 0 Å². The van der Waals surface area contributed by atoms with Crippen LogP contribution in [0.1, 0.15) is 48.0 Å². The molecule has 19 heavy (non-hydrogen) atoms. The van der Waals surface area contributed by atoms with Gasteiger partial charge in [0.05, 0.1) is 25.4 Å². The van der Waals surface area contributed by atoms with Gasteiger partial charge in [-0.3, -0.25) is 0 Å². The highest BCUT2D eigenvalue weighted by Crippen LogP contribution is 2.25. The molecule has 0 spiro atoms. The first-order valence-electron chi connectivity index (χ1n) is 6.72. The lowest BCUT2D eigenvalue weighted by molar-refractivity contribution is 0.0160. The lowest BCUT2D eigenvalue weighted by Crippen LogP contribution is -2.16. The molecule has 4 nitrogen and oxygen atoms in total. The molecule has 0 radical (unpaired) electrons. The molecule has 0 bridgehead atoms. The molecular weight excluding hydrogens is 244 g/mol. The van der Waals surface area contributed by atoms with Crippen LogP contribution in [0.15, 0.2) is 18.2 Å². The highest BCUT2D eigenvalue weighted by molar-refractivity contribution is 5.88. The highest BCUT2D eigenvalue weighted by atomic mass is 16.5. The number of aromatic carboxylic acids is 1. The van der Waals surface area contributed by atoms with Gasteiger partial charge in [-0.1, -0.05) is 19.3 Å². The molecule has 1 N–H and O–H groups in total. The Labute approximate surface area is 113 Å². The van der Waals surface area contributed by atoms with E-state index in [0.717, 1.165) is 18.4 Å². The zero-order valence-corrected chi connectivity index (χ0v) is 11.2. The third kappa shape index (κ3) is 3.70. The van der Waals surface area contributed by atoms with Crippen LogP contribution in [0.2, 0.25) is 0 Å². The normalized spacial score (nSPS) is 16.3. The van der Waals surface area contributed by atoms with Crippen LogP contribution in [0.5, 0.6) is 5.75 Å². The van der Waals surface area contributed by atoms with E-state index in [0.29, 0.717) is 18.5 Å². The summed E-state index contributed by atoms with van der Waals surface area (Å²) in [6.07, 6.45) is 6.22. The summed E-state index contributed by atoms with van der Waals surface area (Å²) in [5.41, 5.74) is 1.07. The number of hydrogen-bond donors (Lipinski definition) is 1. The summed E-state index contributed by atoms with van der Waals surface area (Å²) in [7, 11) is 1.58. The number of rotatable bonds is 5. The van der Waals surface area contributed by atoms with Gasteiger partial charge >= 0.3 is 5.97 Å². The largest absolute Gasteiger partial charge is 0.496 e. The van der Waals surface area contributed by atoms with Crippen molar-refractivity contribution in [3.05, 3.63) is 29.3 Å². The summed E-state index contributed by atoms with van der Waals surface area (Å²) in [5, 5.41) is 9.01. The van der Waals surface area contributed by atoms with E-state index in [1.54, 1.807) is 25.3 Å². The van der Waals surface area contributed by atoms with Crippen molar-refractivity contribution in [1.29, 1.82) is 0 Å². The summed E-state index contributed by atoms with van der Waals surface area (Å²) in [6.45, 7) is 0.412. The van der Waals surface area contributed by atoms with Crippen LogP contribution < -0.4 is 4.74 Å². The van der Waals surface area contributed by atoms with Crippen LogP contribution in [-0.2, 0) is 11.3 Å². The minimum Gasteiger partial charge on any atom is -0.496 e. The molecule has 1 fully saturated rings. The van der Waals surface area contributed by atoms with Crippen molar-refractivity contribution >= 4 is 5.97 Å². The number of methoxy groups -OCH3 is 1. The Balaban J connectivity index is 2.04. The molecule has 0 amide bonds. The van der Waals surface area contributed by atoms with Gasteiger partial charge in [-0.15, -0.1) is 0 Å². The Morgan fingerprint density at radius 3 is 2.68 bits per heavy atom. The SMILES string of the molecule is COc1ccc(C(=O)O)cc1COC1CCCCC1. The van der Waals surface area contributed by atoms with Crippen molar-refractivity contribution in [2.24, 2.45) is 0 Å². The van der Waals surface area contributed by atoms with Crippen molar-refractivity contribution in [2.45, 2.75) is 44.8 Å². The summed E-state index contributed by atoms with van der Waals surface area (Å²) in [5.74, 6) is -0.248. The van der Waals surface area contributed by atoms with Crippen molar-refractivity contribution < 1.29 is 19.4 Å². The summed E-state index contributed by atoms with van der Waals surface area (Å²) >= 11 is 0. The lowest BCUT2D eigenvalue weighted by Gasteiger charge is -2.22. The van der Waals surface area contributed by atoms with E-state index in [1.807, 2.05) is 0 Å². The van der Waals surface area contributed by atoms with Crippen molar-refractivity contribution in [3.63, 3.8) is 0 Å². The smallest absolute Gasteiger partial charge is 0.335 e. The second-order valence-corrected chi connectivity index (χ2v) is 4.90. The third-order valence-electron chi connectivity index (χ3n) is 3.55. The quantitative estimate of drug-likeness (QED) is 0.887. The van der Waals surface area contributed by atoms with Crippen LogP contribution in [0, 0.1) is 0 Å². The van der Waals surface area contributed by atoms with Crippen molar-refractivity contribution in [3.8, 4) is 5.75 Å². The third-order valence-corrected chi connectivity index (χ3v) is 3.55. The van der Waals surface area contributed by atoms with Gasteiger partial charge in [-0.25, -0.2) is 4.79 Å². The minimum absolute atomic E-state index is 0.267. The number of carboxylic acid groups (broad SMARTS) is 1. The van der Waals surface area contributed by atoms with Crippen LogP contribution in [0.25, 0.3) is 0 Å². The molecule has 0 heterocycles. The Morgan fingerprint density at radius 1 is 1.32 bits per heavy atom. The number of carbonyl (C=O) groups is 1. The van der Waals surface area contributed by atoms with Crippen molar-refractivity contribution in [1.82, 2.24) is 0 Å². The van der Waals surface area contributed by atoms with Gasteiger partial charge in [0.15, 0.2) is 0 Å². The van der Waals surface area contributed by atoms with Gasteiger partial charge in [-0.05, 0) is 31.0 Å². The number of benzene rings is 1. The molecule has 2 rings (SSSR count). The maximum atomic E-state index is 11.0. The van der Waals surface area contributed by atoms with Gasteiger partial charge in [0.2, 0.25) is 0 Å². The monoisotopic (exact) mass is 264 g/mol. The number of ether oxygens (including phenoxy) is 2. The lowest BCUT2D eigenvalue weighted by atomic mass is 9.98.